The Morgan fingerprint density at radius 1 is 1.26 bits per heavy atom. The molecule has 1 unspecified atom stereocenters. The number of hydrogen-bond donors (Lipinski definition) is 1. The van der Waals surface area contributed by atoms with Crippen molar-refractivity contribution in [1.82, 2.24) is 10.2 Å². The first kappa shape index (κ1) is 17.9. The Morgan fingerprint density at radius 2 is 1.91 bits per heavy atom. The molecule has 0 bridgehead atoms. The summed E-state index contributed by atoms with van der Waals surface area (Å²) >= 11 is 0. The second-order valence-corrected chi connectivity index (χ2v) is 6.41. The van der Waals surface area contributed by atoms with Gasteiger partial charge in [0.15, 0.2) is 0 Å². The van der Waals surface area contributed by atoms with Gasteiger partial charge in [-0.2, -0.15) is 0 Å². The molecule has 0 aliphatic carbocycles. The highest BCUT2D eigenvalue weighted by atomic mass is 19.1. The third-order valence-corrected chi connectivity index (χ3v) is 4.36. The van der Waals surface area contributed by atoms with Gasteiger partial charge >= 0.3 is 0 Å². The van der Waals surface area contributed by atoms with Crippen LogP contribution in [-0.2, 0) is 9.53 Å². The Hall–Kier alpha value is -1.46. The van der Waals surface area contributed by atoms with Gasteiger partial charge in [0.2, 0.25) is 5.91 Å². The largest absolute Gasteiger partial charge is 0.379 e. The maximum Gasteiger partial charge on any atom is 0.220 e. The van der Waals surface area contributed by atoms with Crippen molar-refractivity contribution in [2.24, 2.45) is 5.92 Å². The number of ether oxygens (including phenoxy) is 1. The molecular formula is C18H27FN2O2. The summed E-state index contributed by atoms with van der Waals surface area (Å²) in [5, 5.41) is 3.00. The van der Waals surface area contributed by atoms with Crippen molar-refractivity contribution >= 4 is 5.91 Å². The fraction of sp³-hybridized carbons (Fsp3) is 0.611. The van der Waals surface area contributed by atoms with Gasteiger partial charge in [-0.05, 0) is 29.5 Å². The number of morpholine rings is 1. The van der Waals surface area contributed by atoms with E-state index < -0.39 is 0 Å². The number of hydrogen-bond acceptors (Lipinski definition) is 3. The zero-order valence-electron chi connectivity index (χ0n) is 14.1. The van der Waals surface area contributed by atoms with E-state index in [1.165, 1.54) is 12.1 Å². The number of carbonyl (C=O) groups is 1. The molecule has 0 saturated carbocycles. The molecule has 1 aliphatic heterocycles. The summed E-state index contributed by atoms with van der Waals surface area (Å²) in [6.07, 6.45) is 0.437. The van der Waals surface area contributed by atoms with Crippen LogP contribution < -0.4 is 5.32 Å². The highest BCUT2D eigenvalue weighted by molar-refractivity contribution is 5.76. The Kier molecular flexibility index (Phi) is 6.99. The maximum absolute atomic E-state index is 13.1. The SMILES string of the molecule is CC(C)C(CC(=O)NCCN1CCOCC1)c1ccc(F)cc1. The normalized spacial score (nSPS) is 17.2. The number of amides is 1. The third-order valence-electron chi connectivity index (χ3n) is 4.36. The van der Waals surface area contributed by atoms with E-state index in [1.54, 1.807) is 12.1 Å². The Labute approximate surface area is 138 Å². The van der Waals surface area contributed by atoms with Gasteiger partial charge in [-0.15, -0.1) is 0 Å². The molecule has 23 heavy (non-hydrogen) atoms. The van der Waals surface area contributed by atoms with Gasteiger partial charge in [-0.3, -0.25) is 9.69 Å². The number of benzene rings is 1. The molecule has 1 saturated heterocycles. The molecule has 2 rings (SSSR count). The van der Waals surface area contributed by atoms with Crippen LogP contribution in [0.4, 0.5) is 4.39 Å². The smallest absolute Gasteiger partial charge is 0.220 e. The fourth-order valence-corrected chi connectivity index (χ4v) is 2.90. The summed E-state index contributed by atoms with van der Waals surface area (Å²) in [6, 6.07) is 6.48. The summed E-state index contributed by atoms with van der Waals surface area (Å²) < 4.78 is 18.4. The monoisotopic (exact) mass is 322 g/mol. The summed E-state index contributed by atoms with van der Waals surface area (Å²) in [5.74, 6) is 0.247. The van der Waals surface area contributed by atoms with Gasteiger partial charge in [-0.1, -0.05) is 26.0 Å². The van der Waals surface area contributed by atoms with E-state index in [9.17, 15) is 9.18 Å². The first-order valence-corrected chi connectivity index (χ1v) is 8.38. The van der Waals surface area contributed by atoms with Crippen molar-refractivity contribution in [3.8, 4) is 0 Å². The van der Waals surface area contributed by atoms with Gasteiger partial charge < -0.3 is 10.1 Å². The summed E-state index contributed by atoms with van der Waals surface area (Å²) in [7, 11) is 0. The van der Waals surface area contributed by atoms with E-state index in [-0.39, 0.29) is 17.6 Å². The molecule has 1 heterocycles. The van der Waals surface area contributed by atoms with Gasteiger partial charge in [-0.25, -0.2) is 4.39 Å². The van der Waals surface area contributed by atoms with Crippen LogP contribution in [-0.4, -0.2) is 50.2 Å². The molecule has 1 N–H and O–H groups in total. The summed E-state index contributed by atoms with van der Waals surface area (Å²) in [6.45, 7) is 9.11. The Balaban J connectivity index is 1.79. The summed E-state index contributed by atoms with van der Waals surface area (Å²) in [5.41, 5.74) is 1.02. The molecule has 128 valence electrons. The van der Waals surface area contributed by atoms with Crippen LogP contribution in [0.1, 0.15) is 31.7 Å². The number of carbonyl (C=O) groups excluding carboxylic acids is 1. The van der Waals surface area contributed by atoms with Crippen molar-refractivity contribution in [1.29, 1.82) is 0 Å². The van der Waals surface area contributed by atoms with E-state index in [1.807, 2.05) is 0 Å². The number of nitrogens with zero attached hydrogens (tertiary/aromatic N) is 1. The lowest BCUT2D eigenvalue weighted by molar-refractivity contribution is -0.121. The molecule has 1 aliphatic rings. The van der Waals surface area contributed by atoms with E-state index >= 15 is 0 Å². The van der Waals surface area contributed by atoms with E-state index in [2.05, 4.69) is 24.1 Å². The maximum atomic E-state index is 13.1. The van der Waals surface area contributed by atoms with Crippen LogP contribution in [0, 0.1) is 11.7 Å². The lowest BCUT2D eigenvalue weighted by atomic mass is 9.85. The van der Waals surface area contributed by atoms with Crippen LogP contribution in [0.25, 0.3) is 0 Å². The van der Waals surface area contributed by atoms with E-state index in [4.69, 9.17) is 4.74 Å². The molecule has 0 aromatic heterocycles. The molecule has 4 nitrogen and oxygen atoms in total. The zero-order valence-corrected chi connectivity index (χ0v) is 14.1. The Bertz CT molecular complexity index is 484. The lowest BCUT2D eigenvalue weighted by Gasteiger charge is -2.26. The van der Waals surface area contributed by atoms with Crippen LogP contribution in [0.15, 0.2) is 24.3 Å². The molecule has 5 heteroatoms. The minimum atomic E-state index is -0.244. The van der Waals surface area contributed by atoms with E-state index in [0.29, 0.717) is 18.9 Å². The van der Waals surface area contributed by atoms with Crippen LogP contribution in [0.2, 0.25) is 0 Å². The van der Waals surface area contributed by atoms with Crippen LogP contribution in [0.3, 0.4) is 0 Å². The molecule has 1 aromatic rings. The third kappa shape index (κ3) is 5.92. The zero-order chi connectivity index (χ0) is 16.7. The number of halogens is 1. The molecule has 1 fully saturated rings. The minimum absolute atomic E-state index is 0.0567. The molecule has 1 aromatic carbocycles. The predicted molar refractivity (Wildman–Crippen MR) is 88.9 cm³/mol. The first-order valence-electron chi connectivity index (χ1n) is 8.38. The van der Waals surface area contributed by atoms with Crippen molar-refractivity contribution in [3.63, 3.8) is 0 Å². The number of rotatable bonds is 7. The van der Waals surface area contributed by atoms with Crippen LogP contribution >= 0.6 is 0 Å². The first-order chi connectivity index (χ1) is 11.1. The predicted octanol–water partition coefficient (Wildman–Crippen LogP) is 2.40. The number of nitrogens with one attached hydrogen (secondary N) is 1. The highest BCUT2D eigenvalue weighted by Gasteiger charge is 2.20. The lowest BCUT2D eigenvalue weighted by Crippen LogP contribution is -2.41. The minimum Gasteiger partial charge on any atom is -0.379 e. The van der Waals surface area contributed by atoms with Gasteiger partial charge in [0.25, 0.3) is 0 Å². The molecule has 0 spiro atoms. The van der Waals surface area contributed by atoms with Crippen molar-refractivity contribution in [2.75, 3.05) is 39.4 Å². The topological polar surface area (TPSA) is 41.6 Å². The van der Waals surface area contributed by atoms with Gasteiger partial charge in [0, 0.05) is 32.6 Å². The molecular weight excluding hydrogens is 295 g/mol. The van der Waals surface area contributed by atoms with Crippen molar-refractivity contribution in [3.05, 3.63) is 35.6 Å². The Morgan fingerprint density at radius 3 is 2.52 bits per heavy atom. The van der Waals surface area contributed by atoms with Crippen molar-refractivity contribution in [2.45, 2.75) is 26.2 Å². The molecule has 1 amide bonds. The average Bonchev–Trinajstić information content (AvgIpc) is 2.54. The summed E-state index contributed by atoms with van der Waals surface area (Å²) in [4.78, 5) is 14.5. The quantitative estimate of drug-likeness (QED) is 0.838. The second-order valence-electron chi connectivity index (χ2n) is 6.41. The van der Waals surface area contributed by atoms with E-state index in [0.717, 1.165) is 38.4 Å². The van der Waals surface area contributed by atoms with Gasteiger partial charge in [0.05, 0.1) is 13.2 Å². The highest BCUT2D eigenvalue weighted by Crippen LogP contribution is 2.27. The standard InChI is InChI=1S/C18H27FN2O2/c1-14(2)17(15-3-5-16(19)6-4-15)13-18(22)20-7-8-21-9-11-23-12-10-21/h3-6,14,17H,7-13H2,1-2H3,(H,20,22). The van der Waals surface area contributed by atoms with Crippen LogP contribution in [0.5, 0.6) is 0 Å². The van der Waals surface area contributed by atoms with Crippen molar-refractivity contribution < 1.29 is 13.9 Å². The second kappa shape index (κ2) is 8.99. The molecule has 0 radical (unpaired) electrons. The average molecular weight is 322 g/mol. The van der Waals surface area contributed by atoms with Gasteiger partial charge in [0.1, 0.15) is 5.82 Å². The fourth-order valence-electron chi connectivity index (χ4n) is 2.90. The molecule has 1 atom stereocenters.